The van der Waals surface area contributed by atoms with Crippen LogP contribution in [-0.4, -0.2) is 7.85 Å². The van der Waals surface area contributed by atoms with Crippen molar-refractivity contribution < 1.29 is 0 Å². The number of nitrogens with zero attached hydrogens (tertiary/aromatic N) is 1. The summed E-state index contributed by atoms with van der Waals surface area (Å²) in [5, 5.41) is 0. The van der Waals surface area contributed by atoms with Crippen LogP contribution in [0.2, 0.25) is 0 Å². The van der Waals surface area contributed by atoms with Gasteiger partial charge in [0.05, 0.1) is 0 Å². The minimum absolute atomic E-state index is 1.14. The Morgan fingerprint density at radius 3 is 1.69 bits per heavy atom. The number of hydrogen-bond acceptors (Lipinski definition) is 1. The minimum Gasteiger partial charge on any atom is -0.311 e. The van der Waals surface area contributed by atoms with Gasteiger partial charge in [0.15, 0.2) is 0 Å². The van der Waals surface area contributed by atoms with E-state index in [1.807, 2.05) is 0 Å². The minimum atomic E-state index is 1.14. The van der Waals surface area contributed by atoms with E-state index in [2.05, 4.69) is 146 Å². The summed E-state index contributed by atoms with van der Waals surface area (Å²) >= 11 is 0. The van der Waals surface area contributed by atoms with Gasteiger partial charge in [0.25, 0.3) is 0 Å². The van der Waals surface area contributed by atoms with E-state index < -0.39 is 0 Å². The van der Waals surface area contributed by atoms with Gasteiger partial charge in [0, 0.05) is 17.1 Å². The fourth-order valence-corrected chi connectivity index (χ4v) is 4.24. The zero-order chi connectivity index (χ0) is 21.8. The molecule has 152 valence electrons. The molecular weight excluding hydrogens is 385 g/mol. The van der Waals surface area contributed by atoms with Crippen LogP contribution in [0.3, 0.4) is 0 Å². The van der Waals surface area contributed by atoms with Gasteiger partial charge in [-0.05, 0) is 52.6 Å². The fraction of sp³-hybridized carbons (Fsp3) is 0. The summed E-state index contributed by atoms with van der Waals surface area (Å²) in [7, 11) is 2.17. The lowest BCUT2D eigenvalue weighted by atomic mass is 9.92. The van der Waals surface area contributed by atoms with Crippen LogP contribution in [0.15, 0.2) is 133 Å². The van der Waals surface area contributed by atoms with Crippen molar-refractivity contribution in [3.63, 3.8) is 0 Å². The first-order valence-corrected chi connectivity index (χ1v) is 11.0. The van der Waals surface area contributed by atoms with E-state index in [0.29, 0.717) is 0 Å². The summed E-state index contributed by atoms with van der Waals surface area (Å²) in [4.78, 5) is 2.34. The molecule has 0 aliphatic heterocycles. The summed E-state index contributed by atoms with van der Waals surface area (Å²) < 4.78 is 0. The number of anilines is 3. The zero-order valence-corrected chi connectivity index (χ0v) is 18.1. The quantitative estimate of drug-likeness (QED) is 0.290. The monoisotopic (exact) mass is 409 g/mol. The molecule has 0 N–H and O–H groups in total. The molecule has 0 aliphatic carbocycles. The number of rotatable bonds is 5. The average molecular weight is 409 g/mol. The van der Waals surface area contributed by atoms with Crippen LogP contribution in [0.4, 0.5) is 17.1 Å². The van der Waals surface area contributed by atoms with Gasteiger partial charge in [0.2, 0.25) is 0 Å². The molecule has 0 aromatic heterocycles. The van der Waals surface area contributed by atoms with E-state index in [9.17, 15) is 0 Å². The first-order chi connectivity index (χ1) is 15.8. The van der Waals surface area contributed by atoms with Crippen LogP contribution in [0.1, 0.15) is 0 Å². The molecule has 0 aliphatic rings. The van der Waals surface area contributed by atoms with Gasteiger partial charge in [-0.1, -0.05) is 109 Å². The molecule has 0 radical (unpaired) electrons. The number of hydrogen-bond donors (Lipinski definition) is 0. The van der Waals surface area contributed by atoms with Crippen LogP contribution in [0.25, 0.3) is 22.3 Å². The van der Waals surface area contributed by atoms with Gasteiger partial charge >= 0.3 is 0 Å². The first kappa shape index (κ1) is 19.9. The van der Waals surface area contributed by atoms with Crippen molar-refractivity contribution in [3.05, 3.63) is 133 Å². The van der Waals surface area contributed by atoms with Crippen LogP contribution < -0.4 is 10.4 Å². The van der Waals surface area contributed by atoms with Crippen molar-refractivity contribution in [1.82, 2.24) is 0 Å². The lowest BCUT2D eigenvalue weighted by molar-refractivity contribution is 1.29. The average Bonchev–Trinajstić information content (AvgIpc) is 2.87. The molecule has 0 spiro atoms. The van der Waals surface area contributed by atoms with Gasteiger partial charge < -0.3 is 4.90 Å². The SMILES string of the molecule is Bc1ccccc1N(c1ccccc1)c1cccc(-c2ccccc2-c2ccccc2)c1. The summed E-state index contributed by atoms with van der Waals surface area (Å²) in [6, 6.07) is 47.2. The van der Waals surface area contributed by atoms with Gasteiger partial charge in [-0.15, -0.1) is 0 Å². The van der Waals surface area contributed by atoms with Crippen molar-refractivity contribution in [1.29, 1.82) is 0 Å². The Bertz CT molecular complexity index is 1330. The van der Waals surface area contributed by atoms with Crippen molar-refractivity contribution >= 4 is 30.4 Å². The van der Waals surface area contributed by atoms with E-state index in [0.717, 1.165) is 11.4 Å². The molecule has 5 rings (SSSR count). The van der Waals surface area contributed by atoms with E-state index in [4.69, 9.17) is 0 Å². The third kappa shape index (κ3) is 3.96. The lowest BCUT2D eigenvalue weighted by Crippen LogP contribution is -2.18. The second-order valence-corrected chi connectivity index (χ2v) is 7.92. The molecule has 5 aromatic carbocycles. The molecule has 1 nitrogen and oxygen atoms in total. The Morgan fingerprint density at radius 2 is 0.969 bits per heavy atom. The fourth-order valence-electron chi connectivity index (χ4n) is 4.24. The summed E-state index contributed by atoms with van der Waals surface area (Å²) in [6.07, 6.45) is 0. The van der Waals surface area contributed by atoms with Gasteiger partial charge in [-0.2, -0.15) is 0 Å². The molecule has 0 heterocycles. The Kier molecular flexibility index (Phi) is 5.59. The molecule has 0 fully saturated rings. The maximum atomic E-state index is 2.34. The lowest BCUT2D eigenvalue weighted by Gasteiger charge is -2.27. The summed E-state index contributed by atoms with van der Waals surface area (Å²) in [6.45, 7) is 0. The van der Waals surface area contributed by atoms with Crippen molar-refractivity contribution in [2.75, 3.05) is 4.90 Å². The summed E-state index contributed by atoms with van der Waals surface area (Å²) in [5.41, 5.74) is 9.63. The van der Waals surface area contributed by atoms with E-state index in [1.54, 1.807) is 0 Å². The maximum absolute atomic E-state index is 2.34. The van der Waals surface area contributed by atoms with Gasteiger partial charge in [-0.3, -0.25) is 0 Å². The van der Waals surface area contributed by atoms with Crippen LogP contribution in [-0.2, 0) is 0 Å². The van der Waals surface area contributed by atoms with E-state index >= 15 is 0 Å². The van der Waals surface area contributed by atoms with Gasteiger partial charge in [-0.25, -0.2) is 0 Å². The normalized spacial score (nSPS) is 10.6. The van der Waals surface area contributed by atoms with Crippen LogP contribution >= 0.6 is 0 Å². The molecule has 0 unspecified atom stereocenters. The van der Waals surface area contributed by atoms with E-state index in [1.165, 1.54) is 33.4 Å². The highest BCUT2D eigenvalue weighted by atomic mass is 15.1. The topological polar surface area (TPSA) is 3.24 Å². The summed E-state index contributed by atoms with van der Waals surface area (Å²) in [5.74, 6) is 0. The first-order valence-electron chi connectivity index (χ1n) is 11.0. The standard InChI is InChI=1S/C30H24BN/c31-29-20-9-10-21-30(29)32(25-15-5-2-6-16-25)26-17-11-14-24(22-26)28-19-8-7-18-27(28)23-12-3-1-4-13-23/h1-22H,31H2. The third-order valence-electron chi connectivity index (χ3n) is 5.80. The van der Waals surface area contributed by atoms with Crippen LogP contribution in [0.5, 0.6) is 0 Å². The Morgan fingerprint density at radius 1 is 0.438 bits per heavy atom. The zero-order valence-electron chi connectivity index (χ0n) is 18.1. The molecule has 0 bridgehead atoms. The smallest absolute Gasteiger partial charge is 0.142 e. The van der Waals surface area contributed by atoms with Crippen molar-refractivity contribution in [2.45, 2.75) is 0 Å². The maximum Gasteiger partial charge on any atom is 0.142 e. The molecule has 0 saturated heterocycles. The molecule has 5 aromatic rings. The highest BCUT2D eigenvalue weighted by molar-refractivity contribution is 6.36. The van der Waals surface area contributed by atoms with E-state index in [-0.39, 0.29) is 0 Å². The number of benzene rings is 5. The Labute approximate surface area is 191 Å². The molecule has 0 saturated carbocycles. The second kappa shape index (κ2) is 8.99. The second-order valence-electron chi connectivity index (χ2n) is 7.92. The number of para-hydroxylation sites is 2. The predicted octanol–water partition coefficient (Wildman–Crippen LogP) is 6.75. The molecule has 2 heteroatoms. The highest BCUT2D eigenvalue weighted by Gasteiger charge is 2.15. The Balaban J connectivity index is 1.66. The highest BCUT2D eigenvalue weighted by Crippen LogP contribution is 2.37. The Hall–Kier alpha value is -4.04. The molecule has 32 heavy (non-hydrogen) atoms. The molecule has 0 amide bonds. The predicted molar refractivity (Wildman–Crippen MR) is 140 cm³/mol. The van der Waals surface area contributed by atoms with Crippen molar-refractivity contribution in [3.8, 4) is 22.3 Å². The van der Waals surface area contributed by atoms with Crippen molar-refractivity contribution in [2.24, 2.45) is 0 Å². The van der Waals surface area contributed by atoms with Crippen LogP contribution in [0, 0.1) is 0 Å². The molecule has 0 atom stereocenters. The largest absolute Gasteiger partial charge is 0.311 e. The van der Waals surface area contributed by atoms with Gasteiger partial charge in [0.1, 0.15) is 7.85 Å². The third-order valence-corrected chi connectivity index (χ3v) is 5.80. The molecular formula is C30H24BN.